The molecule has 132 valence electrons. The number of amides is 1. The van der Waals surface area contributed by atoms with E-state index in [1.54, 1.807) is 31.2 Å². The molecule has 6 nitrogen and oxygen atoms in total. The highest BCUT2D eigenvalue weighted by Crippen LogP contribution is 2.42. The molecule has 0 unspecified atom stereocenters. The SMILES string of the molecule is Cc1ccc(O)c(C)c1-c1c(Oc2ccccc2)ncc(C(N)=O)c1N. The summed E-state index contributed by atoms with van der Waals surface area (Å²) in [7, 11) is 0. The lowest BCUT2D eigenvalue weighted by molar-refractivity contribution is 0.100. The highest BCUT2D eigenvalue weighted by molar-refractivity contribution is 6.02. The summed E-state index contributed by atoms with van der Waals surface area (Å²) in [6.07, 6.45) is 1.30. The van der Waals surface area contributed by atoms with E-state index in [0.29, 0.717) is 22.4 Å². The number of benzene rings is 2. The Morgan fingerprint density at radius 1 is 1.08 bits per heavy atom. The van der Waals surface area contributed by atoms with Crippen LogP contribution < -0.4 is 16.2 Å². The molecule has 5 N–H and O–H groups in total. The van der Waals surface area contributed by atoms with Crippen molar-refractivity contribution in [1.82, 2.24) is 4.98 Å². The Morgan fingerprint density at radius 2 is 1.77 bits per heavy atom. The Hall–Kier alpha value is -3.54. The third-order valence-electron chi connectivity index (χ3n) is 4.20. The summed E-state index contributed by atoms with van der Waals surface area (Å²) in [6, 6.07) is 12.5. The van der Waals surface area contributed by atoms with Crippen LogP contribution in [0.5, 0.6) is 17.4 Å². The quantitative estimate of drug-likeness (QED) is 0.667. The van der Waals surface area contributed by atoms with Crippen molar-refractivity contribution in [1.29, 1.82) is 0 Å². The molecule has 0 radical (unpaired) electrons. The number of nitrogens with zero attached hydrogens (tertiary/aromatic N) is 1. The molecule has 0 aliphatic rings. The highest BCUT2D eigenvalue weighted by Gasteiger charge is 2.22. The molecule has 26 heavy (non-hydrogen) atoms. The van der Waals surface area contributed by atoms with Gasteiger partial charge in [0, 0.05) is 6.20 Å². The van der Waals surface area contributed by atoms with E-state index in [0.717, 1.165) is 5.56 Å². The summed E-state index contributed by atoms with van der Waals surface area (Å²) in [4.78, 5) is 16.0. The van der Waals surface area contributed by atoms with Gasteiger partial charge in [0.2, 0.25) is 5.88 Å². The van der Waals surface area contributed by atoms with Gasteiger partial charge in [-0.2, -0.15) is 0 Å². The third kappa shape index (κ3) is 3.04. The maximum Gasteiger partial charge on any atom is 0.252 e. The summed E-state index contributed by atoms with van der Waals surface area (Å²) in [5.74, 6) is 0.233. The minimum atomic E-state index is -0.682. The lowest BCUT2D eigenvalue weighted by Gasteiger charge is -2.18. The second-order valence-electron chi connectivity index (χ2n) is 5.95. The van der Waals surface area contributed by atoms with Gasteiger partial charge in [0.25, 0.3) is 5.91 Å². The molecule has 0 aliphatic heterocycles. The number of pyridine rings is 1. The fourth-order valence-corrected chi connectivity index (χ4v) is 2.84. The number of hydrogen-bond acceptors (Lipinski definition) is 5. The number of carbonyl (C=O) groups is 1. The fraction of sp³-hybridized carbons (Fsp3) is 0.100. The summed E-state index contributed by atoms with van der Waals surface area (Å²) in [5.41, 5.74) is 14.5. The van der Waals surface area contributed by atoms with E-state index in [4.69, 9.17) is 16.2 Å². The summed E-state index contributed by atoms with van der Waals surface area (Å²) in [5, 5.41) is 10.1. The molecule has 3 rings (SSSR count). The number of aromatic nitrogens is 1. The van der Waals surface area contributed by atoms with E-state index in [1.807, 2.05) is 25.1 Å². The molecule has 2 aromatic carbocycles. The van der Waals surface area contributed by atoms with Gasteiger partial charge in [0.1, 0.15) is 11.5 Å². The lowest BCUT2D eigenvalue weighted by atomic mass is 9.93. The average Bonchev–Trinajstić information content (AvgIpc) is 2.61. The highest BCUT2D eigenvalue weighted by atomic mass is 16.5. The van der Waals surface area contributed by atoms with Crippen LogP contribution in [0.15, 0.2) is 48.7 Å². The van der Waals surface area contributed by atoms with E-state index >= 15 is 0 Å². The van der Waals surface area contributed by atoms with Crippen LogP contribution in [0.4, 0.5) is 5.69 Å². The van der Waals surface area contributed by atoms with Crippen LogP contribution in [-0.2, 0) is 0 Å². The predicted octanol–water partition coefficient (Wildman–Crippen LogP) is 3.54. The molecule has 0 aliphatic carbocycles. The predicted molar refractivity (Wildman–Crippen MR) is 100 cm³/mol. The van der Waals surface area contributed by atoms with Gasteiger partial charge in [-0.05, 0) is 48.7 Å². The normalized spacial score (nSPS) is 10.5. The van der Waals surface area contributed by atoms with Crippen molar-refractivity contribution < 1.29 is 14.6 Å². The van der Waals surface area contributed by atoms with E-state index in [2.05, 4.69) is 4.98 Å². The van der Waals surface area contributed by atoms with Gasteiger partial charge >= 0.3 is 0 Å². The first-order valence-electron chi connectivity index (χ1n) is 8.01. The summed E-state index contributed by atoms with van der Waals surface area (Å²) >= 11 is 0. The molecule has 0 fully saturated rings. The van der Waals surface area contributed by atoms with Crippen molar-refractivity contribution in [2.45, 2.75) is 13.8 Å². The number of anilines is 1. The number of primary amides is 1. The Kier molecular flexibility index (Phi) is 4.49. The molecule has 0 saturated heterocycles. The molecule has 1 amide bonds. The van der Waals surface area contributed by atoms with Crippen molar-refractivity contribution in [3.63, 3.8) is 0 Å². The Bertz CT molecular complexity index is 985. The van der Waals surface area contributed by atoms with Crippen LogP contribution in [0.1, 0.15) is 21.5 Å². The van der Waals surface area contributed by atoms with Gasteiger partial charge < -0.3 is 21.3 Å². The molecule has 3 aromatic rings. The summed E-state index contributed by atoms with van der Waals surface area (Å²) < 4.78 is 5.90. The zero-order chi connectivity index (χ0) is 18.8. The number of hydrogen-bond donors (Lipinski definition) is 3. The van der Waals surface area contributed by atoms with Gasteiger partial charge in [-0.25, -0.2) is 4.98 Å². The molecule has 0 saturated carbocycles. The number of aromatic hydroxyl groups is 1. The molecule has 0 spiro atoms. The van der Waals surface area contributed by atoms with Crippen LogP contribution in [0.25, 0.3) is 11.1 Å². The van der Waals surface area contributed by atoms with Crippen molar-refractivity contribution in [3.05, 3.63) is 65.4 Å². The van der Waals surface area contributed by atoms with Crippen LogP contribution >= 0.6 is 0 Å². The number of ether oxygens (including phenoxy) is 1. The smallest absolute Gasteiger partial charge is 0.252 e. The van der Waals surface area contributed by atoms with E-state index in [9.17, 15) is 9.90 Å². The van der Waals surface area contributed by atoms with E-state index < -0.39 is 5.91 Å². The summed E-state index contributed by atoms with van der Waals surface area (Å²) in [6.45, 7) is 3.64. The maximum atomic E-state index is 11.7. The van der Waals surface area contributed by atoms with Crippen LogP contribution in [0.3, 0.4) is 0 Å². The van der Waals surface area contributed by atoms with Gasteiger partial charge in [-0.3, -0.25) is 4.79 Å². The molecular weight excluding hydrogens is 330 g/mol. The van der Waals surface area contributed by atoms with Crippen LogP contribution in [0.2, 0.25) is 0 Å². The van der Waals surface area contributed by atoms with Crippen LogP contribution in [-0.4, -0.2) is 16.0 Å². The number of nitrogens with two attached hydrogens (primary N) is 2. The zero-order valence-electron chi connectivity index (χ0n) is 14.5. The molecule has 1 heterocycles. The number of rotatable bonds is 4. The van der Waals surface area contributed by atoms with Crippen molar-refractivity contribution >= 4 is 11.6 Å². The minimum absolute atomic E-state index is 0.0996. The largest absolute Gasteiger partial charge is 0.508 e. The molecular formula is C20H19N3O3. The van der Waals surface area contributed by atoms with Crippen molar-refractivity contribution in [2.75, 3.05) is 5.73 Å². The van der Waals surface area contributed by atoms with Crippen molar-refractivity contribution in [3.8, 4) is 28.5 Å². The van der Waals surface area contributed by atoms with E-state index in [1.165, 1.54) is 6.20 Å². The molecule has 6 heteroatoms. The molecule has 0 atom stereocenters. The van der Waals surface area contributed by atoms with Crippen molar-refractivity contribution in [2.24, 2.45) is 5.73 Å². The molecule has 0 bridgehead atoms. The first-order valence-corrected chi connectivity index (χ1v) is 8.01. The Balaban J connectivity index is 2.29. The standard InChI is InChI=1S/C20H19N3O3/c1-11-8-9-15(24)12(2)16(11)17-18(21)14(19(22)25)10-23-20(17)26-13-6-4-3-5-7-13/h3-10,24H,1-2H3,(H2,21,23)(H2,22,25). The maximum absolute atomic E-state index is 11.7. The average molecular weight is 349 g/mol. The number of para-hydroxylation sites is 1. The monoisotopic (exact) mass is 349 g/mol. The Labute approximate surface area is 151 Å². The van der Waals surface area contributed by atoms with Gasteiger partial charge in [0.05, 0.1) is 16.8 Å². The first kappa shape index (κ1) is 17.3. The number of nitrogen functional groups attached to an aromatic ring is 1. The second kappa shape index (κ2) is 6.76. The van der Waals surface area contributed by atoms with Gasteiger partial charge in [0.15, 0.2) is 0 Å². The van der Waals surface area contributed by atoms with E-state index in [-0.39, 0.29) is 22.9 Å². The minimum Gasteiger partial charge on any atom is -0.508 e. The third-order valence-corrected chi connectivity index (χ3v) is 4.20. The lowest BCUT2D eigenvalue weighted by Crippen LogP contribution is -2.15. The number of phenols is 1. The fourth-order valence-electron chi connectivity index (χ4n) is 2.84. The Morgan fingerprint density at radius 3 is 2.42 bits per heavy atom. The molecule has 1 aromatic heterocycles. The first-order chi connectivity index (χ1) is 12.4. The number of phenolic OH excluding ortho intramolecular Hbond substituents is 1. The van der Waals surface area contributed by atoms with Crippen LogP contribution in [0, 0.1) is 13.8 Å². The number of aryl methyl sites for hydroxylation is 1. The second-order valence-corrected chi connectivity index (χ2v) is 5.95. The zero-order valence-corrected chi connectivity index (χ0v) is 14.5. The topological polar surface area (TPSA) is 111 Å². The number of carbonyl (C=O) groups excluding carboxylic acids is 1. The van der Waals surface area contributed by atoms with Gasteiger partial charge in [-0.15, -0.1) is 0 Å². The van der Waals surface area contributed by atoms with Gasteiger partial charge in [-0.1, -0.05) is 24.3 Å².